The predicted molar refractivity (Wildman–Crippen MR) is 462 cm³/mol. The fourth-order valence-corrected chi connectivity index (χ4v) is 19.5. The second-order valence-corrected chi connectivity index (χ2v) is 30.6. The minimum Gasteiger partial charge on any atom is -0.456 e. The molecule has 0 saturated heterocycles. The number of fused-ring (bicyclic) bond motifs is 21. The van der Waals surface area contributed by atoms with Crippen LogP contribution < -0.4 is 9.47 Å². The second kappa shape index (κ2) is 25.2. The molecule has 8 nitrogen and oxygen atoms in total. The average Bonchev–Trinajstić information content (AvgIpc) is 1.54. The summed E-state index contributed by atoms with van der Waals surface area (Å²) in [5.74, 6) is 6.85. The molecule has 5 aliphatic rings. The quantitative estimate of drug-likeness (QED) is 0.132. The standard InChI is InChI=1S/C107H64N6O2/c1-2-23-67(24-3-1)100-108-101(68-51-46-65(47-52-68)81-34-20-42-93-98(81)114-95-44-16-14-40-91(95)106(93)87-36-10-6-30-83(87)84-31-7-11-37-88(84)106)112-105(111-100)78-61-73-27-19-26-72-60-76(62-77(63-78)97(72)73)70-25-18-28-74(58-70)103-109-102(110-104(113-103)75-56-57-80-71(59-75)55-50-64-22-4-5-29-79(64)80)69-53-48-66(49-54-69)82-35-21-43-94-99(82)115-96-45-17-15-41-92(96)107(94)89-38-12-8-32-85(89)86-33-9-13-39-90(86)107/h1-59,61-63H,60H2. The average molecular weight is 1470 g/mol. The molecule has 17 aromatic carbocycles. The summed E-state index contributed by atoms with van der Waals surface area (Å²) in [6.07, 6.45) is 3.07. The van der Waals surface area contributed by atoms with Crippen LogP contribution in [0.1, 0.15) is 61.2 Å². The fourth-order valence-electron chi connectivity index (χ4n) is 19.5. The number of ether oxygens (including phenoxy) is 2. The molecule has 8 heteroatoms. The molecular weight excluding hydrogens is 1400 g/mol. The summed E-state index contributed by atoms with van der Waals surface area (Å²) >= 11 is 0. The van der Waals surface area contributed by atoms with Crippen molar-refractivity contribution >= 4 is 44.0 Å². The first-order chi connectivity index (χ1) is 56.9. The van der Waals surface area contributed by atoms with Crippen LogP contribution in [0.3, 0.4) is 0 Å². The summed E-state index contributed by atoms with van der Waals surface area (Å²) in [5, 5.41) is 7.00. The topological polar surface area (TPSA) is 95.8 Å². The number of aromatic nitrogens is 6. The lowest BCUT2D eigenvalue weighted by atomic mass is 9.65. The summed E-state index contributed by atoms with van der Waals surface area (Å²) in [4.78, 5) is 32.2. The van der Waals surface area contributed by atoms with Gasteiger partial charge >= 0.3 is 0 Å². The summed E-state index contributed by atoms with van der Waals surface area (Å²) < 4.78 is 14.2. The Kier molecular flexibility index (Phi) is 14.2. The maximum absolute atomic E-state index is 7.13. The van der Waals surface area contributed by atoms with Crippen molar-refractivity contribution in [3.05, 3.63) is 431 Å². The molecule has 0 bridgehead atoms. The van der Waals surface area contributed by atoms with E-state index in [-0.39, 0.29) is 0 Å². The van der Waals surface area contributed by atoms with Crippen LogP contribution in [0, 0.1) is 0 Å². The number of para-hydroxylation sites is 4. The molecule has 0 N–H and O–H groups in total. The van der Waals surface area contributed by atoms with Crippen LogP contribution in [0.5, 0.6) is 23.0 Å². The van der Waals surface area contributed by atoms with Gasteiger partial charge in [0.2, 0.25) is 0 Å². The highest BCUT2D eigenvalue weighted by Gasteiger charge is 2.53. The first kappa shape index (κ1) is 64.7. The molecular formula is C107H64N6O2. The molecule has 0 radical (unpaired) electrons. The number of rotatable bonds is 9. The number of hydrogen-bond acceptors (Lipinski definition) is 8. The van der Waals surface area contributed by atoms with Gasteiger partial charge in [0.05, 0.1) is 10.8 Å². The molecule has 24 rings (SSSR count). The van der Waals surface area contributed by atoms with Crippen molar-refractivity contribution in [1.29, 1.82) is 0 Å². The van der Waals surface area contributed by atoms with E-state index in [0.717, 1.165) is 135 Å². The number of nitrogens with zero attached hydrogens (tertiary/aromatic N) is 6. The van der Waals surface area contributed by atoms with E-state index in [9.17, 15) is 0 Å². The predicted octanol–water partition coefficient (Wildman–Crippen LogP) is 25.9. The van der Waals surface area contributed by atoms with E-state index in [4.69, 9.17) is 39.4 Å². The van der Waals surface area contributed by atoms with Crippen molar-refractivity contribution in [2.45, 2.75) is 17.3 Å². The van der Waals surface area contributed by atoms with Crippen molar-refractivity contribution in [3.8, 4) is 136 Å². The molecule has 2 aromatic heterocycles. The van der Waals surface area contributed by atoms with Crippen LogP contribution in [0.25, 0.3) is 157 Å². The van der Waals surface area contributed by atoms with E-state index in [2.05, 4.69) is 358 Å². The van der Waals surface area contributed by atoms with Gasteiger partial charge in [-0.25, -0.2) is 29.9 Å². The summed E-state index contributed by atoms with van der Waals surface area (Å²) in [5.41, 5.74) is 27.2. The number of allylic oxidation sites excluding steroid dienone is 1. The highest BCUT2D eigenvalue weighted by molar-refractivity contribution is 6.09. The maximum atomic E-state index is 7.13. The normalized spacial score (nSPS) is 13.7. The third kappa shape index (κ3) is 9.79. The third-order valence-electron chi connectivity index (χ3n) is 24.5. The molecule has 0 saturated carbocycles. The van der Waals surface area contributed by atoms with Crippen LogP contribution >= 0.6 is 0 Å². The third-order valence-corrected chi connectivity index (χ3v) is 24.5. The van der Waals surface area contributed by atoms with Crippen LogP contribution in [0.4, 0.5) is 0 Å². The molecule has 2 spiro atoms. The zero-order valence-electron chi connectivity index (χ0n) is 62.0. The van der Waals surface area contributed by atoms with Crippen molar-refractivity contribution in [1.82, 2.24) is 29.9 Å². The highest BCUT2D eigenvalue weighted by Crippen LogP contribution is 2.65. The van der Waals surface area contributed by atoms with Crippen molar-refractivity contribution in [2.75, 3.05) is 0 Å². The SMILES string of the molecule is C1=C(c2cccc(-c3nc(-c4ccc(-c5cccc6c5Oc5ccccc5C65c6ccccc6-c6ccccc65)cc4)nc(-c4ccc5c(ccc6ccccc65)c4)n3)c2)Cc2cccc3cc(-c4nc(-c5ccccc5)nc(-c5ccc(-c6cccc7c6Oc6ccccc6C76c7ccccc7-c7ccccc76)cc5)n4)cc1c23. The molecule has 0 atom stereocenters. The monoisotopic (exact) mass is 1460 g/mol. The second-order valence-electron chi connectivity index (χ2n) is 30.6. The fraction of sp³-hybridized carbons (Fsp3) is 0.0280. The lowest BCUT2D eigenvalue weighted by Gasteiger charge is -2.40. The maximum Gasteiger partial charge on any atom is 0.164 e. The van der Waals surface area contributed by atoms with Crippen molar-refractivity contribution in [2.24, 2.45) is 0 Å². The van der Waals surface area contributed by atoms with Crippen molar-refractivity contribution < 1.29 is 9.47 Å². The minimum atomic E-state index is -0.582. The van der Waals surface area contributed by atoms with E-state index in [0.29, 0.717) is 34.9 Å². The van der Waals surface area contributed by atoms with E-state index in [1.54, 1.807) is 0 Å². The highest BCUT2D eigenvalue weighted by atomic mass is 16.5. The molecule has 2 aliphatic heterocycles. The first-order valence-electron chi connectivity index (χ1n) is 39.2. The Morgan fingerprint density at radius 1 is 0.226 bits per heavy atom. The zero-order valence-corrected chi connectivity index (χ0v) is 62.0. The van der Waals surface area contributed by atoms with E-state index >= 15 is 0 Å². The summed E-state index contributed by atoms with van der Waals surface area (Å²) in [6.45, 7) is 0. The largest absolute Gasteiger partial charge is 0.456 e. The van der Waals surface area contributed by atoms with Gasteiger partial charge < -0.3 is 9.47 Å². The Morgan fingerprint density at radius 3 is 1.15 bits per heavy atom. The van der Waals surface area contributed by atoms with Gasteiger partial charge in [0.15, 0.2) is 34.9 Å². The summed E-state index contributed by atoms with van der Waals surface area (Å²) in [6, 6.07) is 132. The number of benzene rings is 17. The van der Waals surface area contributed by atoms with Gasteiger partial charge in [-0.2, -0.15) is 0 Å². The zero-order chi connectivity index (χ0) is 75.5. The molecule has 19 aromatic rings. The molecule has 4 heterocycles. The van der Waals surface area contributed by atoms with Gasteiger partial charge in [-0.15, -0.1) is 0 Å². The Hall–Kier alpha value is -15.1. The lowest BCUT2D eigenvalue weighted by Crippen LogP contribution is -2.32. The molecule has 115 heavy (non-hydrogen) atoms. The molecule has 3 aliphatic carbocycles. The Morgan fingerprint density at radius 2 is 0.591 bits per heavy atom. The van der Waals surface area contributed by atoms with Gasteiger partial charge in [0.1, 0.15) is 23.0 Å². The van der Waals surface area contributed by atoms with Gasteiger partial charge in [-0.1, -0.05) is 340 Å². The van der Waals surface area contributed by atoms with Gasteiger partial charge in [-0.3, -0.25) is 0 Å². The number of hydrogen-bond donors (Lipinski definition) is 0. The van der Waals surface area contributed by atoms with Crippen LogP contribution in [0.2, 0.25) is 0 Å². The lowest BCUT2D eigenvalue weighted by molar-refractivity contribution is 0.438. The van der Waals surface area contributed by atoms with Gasteiger partial charge in [-0.05, 0) is 153 Å². The Labute approximate surface area is 663 Å². The van der Waals surface area contributed by atoms with Crippen LogP contribution in [-0.4, -0.2) is 29.9 Å². The van der Waals surface area contributed by atoms with E-state index < -0.39 is 10.8 Å². The van der Waals surface area contributed by atoms with Crippen molar-refractivity contribution in [3.63, 3.8) is 0 Å². The molecule has 0 fully saturated rings. The van der Waals surface area contributed by atoms with Gasteiger partial charge in [0.25, 0.3) is 0 Å². The minimum absolute atomic E-state index is 0.566. The Bertz CT molecular complexity index is 7300. The van der Waals surface area contributed by atoms with E-state index in [1.165, 1.54) is 71.6 Å². The van der Waals surface area contributed by atoms with Gasteiger partial charge in [0, 0.05) is 66.8 Å². The Balaban J connectivity index is 0.591. The van der Waals surface area contributed by atoms with Crippen LogP contribution in [0.15, 0.2) is 370 Å². The molecule has 534 valence electrons. The smallest absolute Gasteiger partial charge is 0.164 e. The van der Waals surface area contributed by atoms with E-state index in [1.807, 2.05) is 18.2 Å². The summed E-state index contributed by atoms with van der Waals surface area (Å²) in [7, 11) is 0. The first-order valence-corrected chi connectivity index (χ1v) is 39.2. The molecule has 0 amide bonds. The molecule has 0 unspecified atom stereocenters. The van der Waals surface area contributed by atoms with Crippen LogP contribution in [-0.2, 0) is 17.3 Å².